The second-order valence-corrected chi connectivity index (χ2v) is 7.83. The van der Waals surface area contributed by atoms with Crippen molar-refractivity contribution in [1.29, 1.82) is 0 Å². The van der Waals surface area contributed by atoms with Gasteiger partial charge < -0.3 is 0 Å². The lowest BCUT2D eigenvalue weighted by molar-refractivity contribution is -0.143. The summed E-state index contributed by atoms with van der Waals surface area (Å²) in [4.78, 5) is 0. The summed E-state index contributed by atoms with van der Waals surface area (Å²) in [7, 11) is 0. The van der Waals surface area contributed by atoms with Gasteiger partial charge in [-0.2, -0.15) is 26.3 Å². The summed E-state index contributed by atoms with van der Waals surface area (Å²) < 4.78 is 78.4. The van der Waals surface area contributed by atoms with Crippen LogP contribution in [0.3, 0.4) is 0 Å². The zero-order valence-electron chi connectivity index (χ0n) is 16.0. The van der Waals surface area contributed by atoms with Gasteiger partial charge in [0.1, 0.15) is 0 Å². The average molecular weight is 380 g/mol. The van der Waals surface area contributed by atoms with Crippen LogP contribution in [0.4, 0.5) is 26.3 Å². The lowest BCUT2D eigenvalue weighted by atomic mass is 9.72. The standard InChI is InChI=1S/C20H26F6/c1-12(2)13(3)7-8-18(5,6)14(4)15-9-16(19(21,22)23)11-17(10-15)20(24,25)26/h9-11,14H,7-8H2,1-6H3. The van der Waals surface area contributed by atoms with E-state index in [1.165, 1.54) is 11.1 Å². The molecule has 1 aromatic rings. The third kappa shape index (κ3) is 5.78. The minimum absolute atomic E-state index is 0.0620. The number of alkyl halides is 6. The molecule has 0 fully saturated rings. The largest absolute Gasteiger partial charge is 0.416 e. The summed E-state index contributed by atoms with van der Waals surface area (Å²) in [5.41, 5.74) is -0.552. The van der Waals surface area contributed by atoms with Gasteiger partial charge in [-0.3, -0.25) is 0 Å². The number of hydrogen-bond donors (Lipinski definition) is 0. The van der Waals surface area contributed by atoms with Crippen LogP contribution in [0.5, 0.6) is 0 Å². The van der Waals surface area contributed by atoms with Gasteiger partial charge in [-0.1, -0.05) is 31.9 Å². The minimum atomic E-state index is -4.82. The van der Waals surface area contributed by atoms with E-state index in [9.17, 15) is 26.3 Å². The van der Waals surface area contributed by atoms with E-state index in [1.54, 1.807) is 6.92 Å². The molecule has 0 aliphatic carbocycles. The van der Waals surface area contributed by atoms with Crippen LogP contribution in [0.1, 0.15) is 77.0 Å². The topological polar surface area (TPSA) is 0 Å². The summed E-state index contributed by atoms with van der Waals surface area (Å²) in [6, 6.07) is 1.86. The first-order valence-corrected chi connectivity index (χ1v) is 8.48. The zero-order valence-corrected chi connectivity index (χ0v) is 16.0. The molecule has 1 atom stereocenters. The van der Waals surface area contributed by atoms with Crippen LogP contribution in [0.25, 0.3) is 0 Å². The van der Waals surface area contributed by atoms with Crippen molar-refractivity contribution in [3.05, 3.63) is 46.0 Å². The maximum Gasteiger partial charge on any atom is 0.416 e. The van der Waals surface area contributed by atoms with Crippen LogP contribution >= 0.6 is 0 Å². The van der Waals surface area contributed by atoms with Gasteiger partial charge in [0, 0.05) is 0 Å². The van der Waals surface area contributed by atoms with Gasteiger partial charge in [0.2, 0.25) is 0 Å². The van der Waals surface area contributed by atoms with Gasteiger partial charge in [0.15, 0.2) is 0 Å². The van der Waals surface area contributed by atoms with E-state index in [2.05, 4.69) is 0 Å². The molecule has 0 saturated carbocycles. The van der Waals surface area contributed by atoms with Crippen molar-refractivity contribution in [1.82, 2.24) is 0 Å². The fourth-order valence-corrected chi connectivity index (χ4v) is 2.66. The maximum atomic E-state index is 13.1. The number of benzene rings is 1. The fourth-order valence-electron chi connectivity index (χ4n) is 2.66. The second kappa shape index (κ2) is 7.65. The summed E-state index contributed by atoms with van der Waals surface area (Å²) >= 11 is 0. The first kappa shape index (κ1) is 22.6. The highest BCUT2D eigenvalue weighted by atomic mass is 19.4. The fraction of sp³-hybridized carbons (Fsp3) is 0.600. The van der Waals surface area contributed by atoms with E-state index in [4.69, 9.17) is 0 Å². The Bertz CT molecular complexity index is 626. The van der Waals surface area contributed by atoms with E-state index in [0.29, 0.717) is 6.42 Å². The molecule has 0 aliphatic rings. The molecule has 0 amide bonds. The van der Waals surface area contributed by atoms with Crippen molar-refractivity contribution >= 4 is 0 Å². The number of halogens is 6. The summed E-state index contributed by atoms with van der Waals surface area (Å²) in [6.07, 6.45) is -8.22. The molecule has 0 aliphatic heterocycles. The molecule has 0 spiro atoms. The Balaban J connectivity index is 3.29. The van der Waals surface area contributed by atoms with Gasteiger partial charge in [-0.05, 0) is 68.7 Å². The van der Waals surface area contributed by atoms with Gasteiger partial charge in [0.05, 0.1) is 11.1 Å². The smallest absolute Gasteiger partial charge is 0.166 e. The van der Waals surface area contributed by atoms with Gasteiger partial charge in [0.25, 0.3) is 0 Å². The number of hydrogen-bond acceptors (Lipinski definition) is 0. The minimum Gasteiger partial charge on any atom is -0.166 e. The van der Waals surface area contributed by atoms with Crippen LogP contribution in [0, 0.1) is 5.41 Å². The van der Waals surface area contributed by atoms with E-state index in [-0.39, 0.29) is 11.6 Å². The Kier molecular flexibility index (Phi) is 6.64. The zero-order chi connectivity index (χ0) is 20.5. The predicted molar refractivity (Wildman–Crippen MR) is 91.9 cm³/mol. The summed E-state index contributed by atoms with van der Waals surface area (Å²) in [6.45, 7) is 11.4. The highest BCUT2D eigenvalue weighted by molar-refractivity contribution is 5.36. The monoisotopic (exact) mass is 380 g/mol. The molecular weight excluding hydrogens is 354 g/mol. The lowest BCUT2D eigenvalue weighted by Gasteiger charge is -2.33. The Morgan fingerprint density at radius 2 is 1.27 bits per heavy atom. The third-order valence-electron chi connectivity index (χ3n) is 5.28. The van der Waals surface area contributed by atoms with Crippen molar-refractivity contribution in [2.24, 2.45) is 5.41 Å². The highest BCUT2D eigenvalue weighted by Gasteiger charge is 2.38. The third-order valence-corrected chi connectivity index (χ3v) is 5.28. The van der Waals surface area contributed by atoms with Gasteiger partial charge >= 0.3 is 12.4 Å². The Morgan fingerprint density at radius 3 is 1.62 bits per heavy atom. The van der Waals surface area contributed by atoms with Gasteiger partial charge in [-0.25, -0.2) is 0 Å². The Hall–Kier alpha value is -1.46. The molecular formula is C20H26F6. The summed E-state index contributed by atoms with van der Waals surface area (Å²) in [5.74, 6) is -0.462. The quantitative estimate of drug-likeness (QED) is 0.359. The Morgan fingerprint density at radius 1 is 0.846 bits per heavy atom. The Labute approximate surface area is 151 Å². The molecule has 0 radical (unpaired) electrons. The molecule has 0 aromatic heterocycles. The van der Waals surface area contributed by atoms with Crippen molar-refractivity contribution < 1.29 is 26.3 Å². The SMILES string of the molecule is CC(C)=C(C)CCC(C)(C)C(C)c1cc(C(F)(F)F)cc(C(F)(F)F)c1. The van der Waals surface area contributed by atoms with Crippen LogP contribution in [0.2, 0.25) is 0 Å². The van der Waals surface area contributed by atoms with Crippen LogP contribution in [0.15, 0.2) is 29.3 Å². The highest BCUT2D eigenvalue weighted by Crippen LogP contribution is 2.44. The van der Waals surface area contributed by atoms with Crippen molar-refractivity contribution in [2.75, 3.05) is 0 Å². The molecule has 1 rings (SSSR count). The first-order valence-electron chi connectivity index (χ1n) is 8.48. The molecule has 0 nitrogen and oxygen atoms in total. The predicted octanol–water partition coefficient (Wildman–Crippen LogP) is 7.99. The lowest BCUT2D eigenvalue weighted by Crippen LogP contribution is -2.22. The molecule has 148 valence electrons. The van der Waals surface area contributed by atoms with Crippen LogP contribution in [-0.4, -0.2) is 0 Å². The average Bonchev–Trinajstić information content (AvgIpc) is 2.49. The van der Waals surface area contributed by atoms with Crippen molar-refractivity contribution in [3.63, 3.8) is 0 Å². The van der Waals surface area contributed by atoms with Crippen LogP contribution < -0.4 is 0 Å². The van der Waals surface area contributed by atoms with E-state index in [0.717, 1.165) is 18.6 Å². The second-order valence-electron chi connectivity index (χ2n) is 7.83. The number of allylic oxidation sites excluding steroid dienone is 2. The maximum absolute atomic E-state index is 13.1. The molecule has 0 N–H and O–H groups in total. The van der Waals surface area contributed by atoms with Crippen LogP contribution in [-0.2, 0) is 12.4 Å². The molecule has 6 heteroatoms. The molecule has 1 unspecified atom stereocenters. The molecule has 26 heavy (non-hydrogen) atoms. The van der Waals surface area contributed by atoms with Crippen molar-refractivity contribution in [3.8, 4) is 0 Å². The van der Waals surface area contributed by atoms with Crippen molar-refractivity contribution in [2.45, 2.75) is 72.7 Å². The molecule has 1 aromatic carbocycles. The molecule has 0 bridgehead atoms. The van der Waals surface area contributed by atoms with Gasteiger partial charge in [-0.15, -0.1) is 0 Å². The molecule has 0 heterocycles. The normalized spacial score (nSPS) is 14.3. The van der Waals surface area contributed by atoms with E-state index < -0.39 is 34.8 Å². The van der Waals surface area contributed by atoms with E-state index >= 15 is 0 Å². The molecule has 0 saturated heterocycles. The van der Waals surface area contributed by atoms with E-state index in [1.807, 2.05) is 34.6 Å². The first-order chi connectivity index (χ1) is 11.6. The number of rotatable bonds is 5. The summed E-state index contributed by atoms with van der Waals surface area (Å²) in [5, 5.41) is 0.